The van der Waals surface area contributed by atoms with Crippen molar-refractivity contribution in [1.29, 1.82) is 0 Å². The van der Waals surface area contributed by atoms with Gasteiger partial charge in [0.25, 0.3) is 0 Å². The molecule has 0 fully saturated rings. The van der Waals surface area contributed by atoms with E-state index >= 15 is 0 Å². The van der Waals surface area contributed by atoms with E-state index in [2.05, 4.69) is 25.5 Å². The van der Waals surface area contributed by atoms with Gasteiger partial charge < -0.3 is 14.6 Å². The molecule has 0 unspecified atom stereocenters. The molecule has 0 amide bonds. The maximum Gasteiger partial charge on any atom is 0.307 e. The van der Waals surface area contributed by atoms with Crippen LogP contribution in [0.5, 0.6) is 0 Å². The molecule has 0 saturated carbocycles. The van der Waals surface area contributed by atoms with E-state index in [1.165, 1.54) is 19.4 Å². The second kappa shape index (κ2) is 10.4. The average molecular weight is 482 g/mol. The molecule has 0 radical (unpaired) electrons. The van der Waals surface area contributed by atoms with E-state index in [1.807, 2.05) is 13.8 Å². The molecule has 0 spiro atoms. The first-order valence-electron chi connectivity index (χ1n) is 10.9. The number of ether oxygens (including phenoxy) is 1. The number of methoxy groups -OCH3 is 1. The van der Waals surface area contributed by atoms with E-state index in [-0.39, 0.29) is 36.3 Å². The van der Waals surface area contributed by atoms with Crippen molar-refractivity contribution in [2.45, 2.75) is 32.9 Å². The summed E-state index contributed by atoms with van der Waals surface area (Å²) in [6.07, 6.45) is 2.49. The van der Waals surface area contributed by atoms with Crippen LogP contribution in [0.3, 0.4) is 0 Å². The van der Waals surface area contributed by atoms with Gasteiger partial charge in [0.1, 0.15) is 23.5 Å². The van der Waals surface area contributed by atoms with Crippen LogP contribution in [0.25, 0.3) is 22.9 Å². The van der Waals surface area contributed by atoms with Crippen LogP contribution in [0.15, 0.2) is 53.4 Å². The van der Waals surface area contributed by atoms with E-state index < -0.39 is 17.8 Å². The Balaban J connectivity index is 1.69. The number of benzene rings is 1. The number of carbonyl (C=O) groups is 1. The highest BCUT2D eigenvalue weighted by molar-refractivity contribution is 5.70. The van der Waals surface area contributed by atoms with Crippen molar-refractivity contribution in [2.24, 2.45) is 5.92 Å². The fourth-order valence-corrected chi connectivity index (χ4v) is 3.47. The molecule has 1 N–H and O–H groups in total. The van der Waals surface area contributed by atoms with Crippen molar-refractivity contribution in [3.63, 3.8) is 0 Å². The quantitative estimate of drug-likeness (QED) is 0.352. The molecule has 35 heavy (non-hydrogen) atoms. The van der Waals surface area contributed by atoms with Gasteiger partial charge in [0.2, 0.25) is 0 Å². The monoisotopic (exact) mass is 482 g/mol. The molecule has 0 aliphatic rings. The first kappa shape index (κ1) is 24.0. The van der Waals surface area contributed by atoms with Crippen molar-refractivity contribution in [2.75, 3.05) is 12.4 Å². The maximum absolute atomic E-state index is 14.6. The van der Waals surface area contributed by atoms with Gasteiger partial charge in [-0.3, -0.25) is 9.48 Å². The molecular formula is C24H24F2N6O3. The van der Waals surface area contributed by atoms with Gasteiger partial charge in [0.15, 0.2) is 17.5 Å². The summed E-state index contributed by atoms with van der Waals surface area (Å²) >= 11 is 0. The Morgan fingerprint density at radius 3 is 2.66 bits per heavy atom. The normalized spacial score (nSPS) is 12.1. The SMILES string of the molecule is COC(=O)C[C@@H](Nc1nc(-c2cc(-c3ccon3)n(Cc3ccccc3F)n2)ncc1F)C(C)C. The van der Waals surface area contributed by atoms with Gasteiger partial charge in [-0.15, -0.1) is 0 Å². The number of nitrogens with one attached hydrogen (secondary N) is 1. The predicted molar refractivity (Wildman–Crippen MR) is 123 cm³/mol. The Bertz CT molecular complexity index is 1310. The minimum absolute atomic E-state index is 0.00865. The van der Waals surface area contributed by atoms with Crippen molar-refractivity contribution in [3.8, 4) is 22.9 Å². The first-order chi connectivity index (χ1) is 16.9. The molecule has 4 rings (SSSR count). The third kappa shape index (κ3) is 5.51. The smallest absolute Gasteiger partial charge is 0.307 e. The number of aromatic nitrogens is 5. The molecule has 0 bridgehead atoms. The van der Waals surface area contributed by atoms with Gasteiger partial charge in [0.05, 0.1) is 32.0 Å². The minimum Gasteiger partial charge on any atom is -0.469 e. The summed E-state index contributed by atoms with van der Waals surface area (Å²) in [5.74, 6) is -1.39. The van der Waals surface area contributed by atoms with Crippen molar-refractivity contribution < 1.29 is 22.8 Å². The molecule has 0 saturated heterocycles. The third-order valence-corrected chi connectivity index (χ3v) is 5.47. The number of halogens is 2. The Labute approximate surface area is 200 Å². The van der Waals surface area contributed by atoms with Crippen LogP contribution in [-0.4, -0.2) is 44.0 Å². The molecule has 11 heteroatoms. The number of esters is 1. The highest BCUT2D eigenvalue weighted by Gasteiger charge is 2.22. The molecule has 9 nitrogen and oxygen atoms in total. The standard InChI is InChI=1S/C24H24F2N6O3/c1-14(2)19(11-22(33)34-3)28-23-17(26)12-27-24(29-23)20-10-21(18-8-9-35-31-18)32(30-20)13-15-6-4-5-7-16(15)25/h4-10,12,14,19H,11,13H2,1-3H3,(H,27,28,29)/t19-/m1/s1. The van der Waals surface area contributed by atoms with E-state index in [1.54, 1.807) is 35.0 Å². The first-order valence-corrected chi connectivity index (χ1v) is 10.9. The maximum atomic E-state index is 14.6. The van der Waals surface area contributed by atoms with Crippen LogP contribution >= 0.6 is 0 Å². The lowest BCUT2D eigenvalue weighted by Crippen LogP contribution is -2.30. The second-order valence-corrected chi connectivity index (χ2v) is 8.21. The average Bonchev–Trinajstić information content (AvgIpc) is 3.51. The summed E-state index contributed by atoms with van der Waals surface area (Å²) < 4.78 is 40.1. The summed E-state index contributed by atoms with van der Waals surface area (Å²) in [6, 6.07) is 9.28. The summed E-state index contributed by atoms with van der Waals surface area (Å²) in [5, 5.41) is 11.5. The van der Waals surface area contributed by atoms with Gasteiger partial charge in [-0.2, -0.15) is 5.10 Å². The zero-order valence-corrected chi connectivity index (χ0v) is 19.4. The van der Waals surface area contributed by atoms with Gasteiger partial charge in [-0.05, 0) is 18.1 Å². The van der Waals surface area contributed by atoms with E-state index in [0.29, 0.717) is 22.6 Å². The highest BCUT2D eigenvalue weighted by atomic mass is 19.1. The Hall–Kier alpha value is -4.15. The van der Waals surface area contributed by atoms with Crippen LogP contribution in [0.1, 0.15) is 25.8 Å². The summed E-state index contributed by atoms with van der Waals surface area (Å²) in [7, 11) is 1.30. The van der Waals surface area contributed by atoms with Gasteiger partial charge >= 0.3 is 5.97 Å². The molecule has 3 heterocycles. The molecule has 1 atom stereocenters. The molecule has 4 aromatic rings. The zero-order valence-electron chi connectivity index (χ0n) is 19.4. The summed E-state index contributed by atoms with van der Waals surface area (Å²) in [5.41, 5.74) is 1.79. The molecule has 1 aromatic carbocycles. The van der Waals surface area contributed by atoms with Crippen LogP contribution in [0.4, 0.5) is 14.6 Å². The minimum atomic E-state index is -0.674. The Morgan fingerprint density at radius 1 is 1.17 bits per heavy atom. The Morgan fingerprint density at radius 2 is 1.97 bits per heavy atom. The summed E-state index contributed by atoms with van der Waals surface area (Å²) in [4.78, 5) is 20.2. The molecule has 182 valence electrons. The number of carbonyl (C=O) groups excluding carboxylic acids is 1. The van der Waals surface area contributed by atoms with Crippen LogP contribution < -0.4 is 5.32 Å². The van der Waals surface area contributed by atoms with Crippen LogP contribution in [0.2, 0.25) is 0 Å². The highest BCUT2D eigenvalue weighted by Crippen LogP contribution is 2.26. The largest absolute Gasteiger partial charge is 0.469 e. The second-order valence-electron chi connectivity index (χ2n) is 8.21. The molecule has 3 aromatic heterocycles. The number of anilines is 1. The fraction of sp³-hybridized carbons (Fsp3) is 0.292. The van der Waals surface area contributed by atoms with E-state index in [4.69, 9.17) is 9.26 Å². The van der Waals surface area contributed by atoms with Gasteiger partial charge in [-0.25, -0.2) is 18.7 Å². The van der Waals surface area contributed by atoms with Crippen LogP contribution in [0, 0.1) is 17.6 Å². The Kier molecular flexibility index (Phi) is 7.14. The predicted octanol–water partition coefficient (Wildman–Crippen LogP) is 4.32. The van der Waals surface area contributed by atoms with Gasteiger partial charge in [0, 0.05) is 17.7 Å². The van der Waals surface area contributed by atoms with E-state index in [0.717, 1.165) is 6.20 Å². The molecular weight excluding hydrogens is 458 g/mol. The third-order valence-electron chi connectivity index (χ3n) is 5.47. The van der Waals surface area contributed by atoms with Crippen molar-refractivity contribution >= 4 is 11.8 Å². The van der Waals surface area contributed by atoms with Crippen molar-refractivity contribution in [3.05, 3.63) is 66.1 Å². The van der Waals surface area contributed by atoms with Gasteiger partial charge in [-0.1, -0.05) is 37.2 Å². The number of hydrogen-bond acceptors (Lipinski definition) is 8. The zero-order chi connectivity index (χ0) is 24.9. The number of nitrogens with zero attached hydrogens (tertiary/aromatic N) is 5. The lowest BCUT2D eigenvalue weighted by molar-refractivity contribution is -0.141. The summed E-state index contributed by atoms with van der Waals surface area (Å²) in [6.45, 7) is 3.92. The number of hydrogen-bond donors (Lipinski definition) is 1. The number of rotatable bonds is 9. The van der Waals surface area contributed by atoms with E-state index in [9.17, 15) is 13.6 Å². The van der Waals surface area contributed by atoms with Crippen molar-refractivity contribution in [1.82, 2.24) is 24.9 Å². The molecule has 0 aliphatic heterocycles. The topological polar surface area (TPSA) is 108 Å². The lowest BCUT2D eigenvalue weighted by atomic mass is 10.0. The van der Waals surface area contributed by atoms with Crippen LogP contribution in [-0.2, 0) is 16.1 Å². The molecule has 0 aliphatic carbocycles. The fourth-order valence-electron chi connectivity index (χ4n) is 3.47. The lowest BCUT2D eigenvalue weighted by Gasteiger charge is -2.22.